The van der Waals surface area contributed by atoms with Crippen LogP contribution in [-0.2, 0) is 4.79 Å². The largest absolute Gasteiger partial charge is 0.457 e. The number of benzene rings is 2. The van der Waals surface area contributed by atoms with E-state index >= 15 is 0 Å². The molecule has 1 saturated heterocycles. The fraction of sp³-hybridized carbons (Fsp3) is 0.381. The van der Waals surface area contributed by atoms with Gasteiger partial charge >= 0.3 is 0 Å². The molecule has 2 aromatic carbocycles. The van der Waals surface area contributed by atoms with Gasteiger partial charge in [-0.25, -0.2) is 0 Å². The standard InChI is InChI=1S/C21H24N2O2/c1-15-2-6-17(7-3-15)25-18-8-4-16(5-9-18)23-20(24)19-14-21(19)10-12-22-13-11-21/h2-9,19,22H,10-14H2,1H3,(H,23,24). The highest BCUT2D eigenvalue weighted by atomic mass is 16.5. The van der Waals surface area contributed by atoms with Gasteiger partial charge in [-0.2, -0.15) is 0 Å². The van der Waals surface area contributed by atoms with E-state index in [4.69, 9.17) is 4.74 Å². The zero-order valence-corrected chi connectivity index (χ0v) is 14.5. The molecule has 1 aliphatic carbocycles. The highest BCUT2D eigenvalue weighted by molar-refractivity contribution is 5.95. The highest BCUT2D eigenvalue weighted by Gasteiger charge is 2.57. The van der Waals surface area contributed by atoms with Crippen LogP contribution < -0.4 is 15.4 Å². The lowest BCUT2D eigenvalue weighted by atomic mass is 9.92. The predicted octanol–water partition coefficient (Wildman–Crippen LogP) is 4.12. The van der Waals surface area contributed by atoms with E-state index in [1.807, 2.05) is 48.5 Å². The van der Waals surface area contributed by atoms with Gasteiger partial charge in [-0.15, -0.1) is 0 Å². The summed E-state index contributed by atoms with van der Waals surface area (Å²) >= 11 is 0. The quantitative estimate of drug-likeness (QED) is 0.883. The number of piperidine rings is 1. The van der Waals surface area contributed by atoms with Crippen molar-refractivity contribution in [2.24, 2.45) is 11.3 Å². The number of carbonyl (C=O) groups excluding carboxylic acids is 1. The number of anilines is 1. The monoisotopic (exact) mass is 336 g/mol. The zero-order chi connectivity index (χ0) is 17.3. The summed E-state index contributed by atoms with van der Waals surface area (Å²) in [7, 11) is 0. The van der Waals surface area contributed by atoms with Gasteiger partial charge in [-0.1, -0.05) is 17.7 Å². The summed E-state index contributed by atoms with van der Waals surface area (Å²) in [5.74, 6) is 1.92. The first-order valence-electron chi connectivity index (χ1n) is 9.01. The second-order valence-electron chi connectivity index (χ2n) is 7.30. The van der Waals surface area contributed by atoms with Crippen molar-refractivity contribution in [3.05, 3.63) is 54.1 Å². The van der Waals surface area contributed by atoms with Crippen LogP contribution in [-0.4, -0.2) is 19.0 Å². The minimum absolute atomic E-state index is 0.161. The molecular weight excluding hydrogens is 312 g/mol. The van der Waals surface area contributed by atoms with Gasteiger partial charge in [0.05, 0.1) is 0 Å². The van der Waals surface area contributed by atoms with Crippen LogP contribution in [0.4, 0.5) is 5.69 Å². The van der Waals surface area contributed by atoms with Crippen LogP contribution in [0.1, 0.15) is 24.8 Å². The summed E-state index contributed by atoms with van der Waals surface area (Å²) < 4.78 is 5.82. The lowest BCUT2D eigenvalue weighted by Crippen LogP contribution is -2.31. The molecule has 1 spiro atoms. The first-order valence-corrected chi connectivity index (χ1v) is 9.01. The number of nitrogens with one attached hydrogen (secondary N) is 2. The third-order valence-corrected chi connectivity index (χ3v) is 5.48. The fourth-order valence-electron chi connectivity index (χ4n) is 3.77. The molecule has 1 atom stereocenters. The van der Waals surface area contributed by atoms with Crippen LogP contribution in [0, 0.1) is 18.3 Å². The topological polar surface area (TPSA) is 50.4 Å². The van der Waals surface area contributed by atoms with E-state index in [9.17, 15) is 4.79 Å². The number of hydrogen-bond donors (Lipinski definition) is 2. The average molecular weight is 336 g/mol. The molecule has 4 nitrogen and oxygen atoms in total. The van der Waals surface area contributed by atoms with Crippen molar-refractivity contribution in [2.45, 2.75) is 26.2 Å². The molecule has 1 saturated carbocycles. The Kier molecular flexibility index (Phi) is 4.22. The molecule has 0 bridgehead atoms. The Morgan fingerprint density at radius 1 is 1.04 bits per heavy atom. The zero-order valence-electron chi connectivity index (χ0n) is 14.5. The van der Waals surface area contributed by atoms with Crippen molar-refractivity contribution in [1.82, 2.24) is 5.32 Å². The molecule has 1 heterocycles. The second-order valence-corrected chi connectivity index (χ2v) is 7.30. The van der Waals surface area contributed by atoms with E-state index in [-0.39, 0.29) is 17.2 Å². The number of carbonyl (C=O) groups is 1. The summed E-state index contributed by atoms with van der Waals surface area (Å²) in [5.41, 5.74) is 2.30. The Bertz CT molecular complexity index is 746. The Labute approximate surface area is 148 Å². The Hall–Kier alpha value is -2.33. The number of hydrogen-bond acceptors (Lipinski definition) is 3. The van der Waals surface area contributed by atoms with Crippen LogP contribution in [0.2, 0.25) is 0 Å². The minimum atomic E-state index is 0.161. The number of rotatable bonds is 4. The maximum Gasteiger partial charge on any atom is 0.228 e. The van der Waals surface area contributed by atoms with Crippen molar-refractivity contribution in [3.63, 3.8) is 0 Å². The number of amides is 1. The van der Waals surface area contributed by atoms with Crippen molar-refractivity contribution in [1.29, 1.82) is 0 Å². The number of aryl methyl sites for hydroxylation is 1. The van der Waals surface area contributed by atoms with Gasteiger partial charge in [0.15, 0.2) is 0 Å². The second kappa shape index (κ2) is 6.52. The van der Waals surface area contributed by atoms with Gasteiger partial charge in [0.25, 0.3) is 0 Å². The van der Waals surface area contributed by atoms with Crippen LogP contribution in [0.15, 0.2) is 48.5 Å². The van der Waals surface area contributed by atoms with Crippen molar-refractivity contribution < 1.29 is 9.53 Å². The van der Waals surface area contributed by atoms with Gasteiger partial charge in [0, 0.05) is 11.6 Å². The van der Waals surface area contributed by atoms with Gasteiger partial charge in [-0.05, 0) is 81.1 Å². The SMILES string of the molecule is Cc1ccc(Oc2ccc(NC(=O)C3CC34CCNCC4)cc2)cc1. The third kappa shape index (κ3) is 3.54. The van der Waals surface area contributed by atoms with E-state index in [0.717, 1.165) is 49.5 Å². The smallest absolute Gasteiger partial charge is 0.228 e. The molecule has 2 aromatic rings. The van der Waals surface area contributed by atoms with E-state index in [1.54, 1.807) is 0 Å². The Morgan fingerprint density at radius 3 is 2.28 bits per heavy atom. The summed E-state index contributed by atoms with van der Waals surface area (Å²) in [4.78, 5) is 12.5. The summed E-state index contributed by atoms with van der Waals surface area (Å²) in [6.07, 6.45) is 3.28. The third-order valence-electron chi connectivity index (χ3n) is 5.48. The summed E-state index contributed by atoms with van der Waals surface area (Å²) in [5, 5.41) is 6.43. The Morgan fingerprint density at radius 2 is 1.64 bits per heavy atom. The molecule has 0 radical (unpaired) electrons. The molecule has 2 N–H and O–H groups in total. The van der Waals surface area contributed by atoms with E-state index < -0.39 is 0 Å². The average Bonchev–Trinajstić information content (AvgIpc) is 3.32. The summed E-state index contributed by atoms with van der Waals surface area (Å²) in [6, 6.07) is 15.5. The molecule has 4 heteroatoms. The predicted molar refractivity (Wildman–Crippen MR) is 99.0 cm³/mol. The molecule has 2 aliphatic rings. The van der Waals surface area contributed by atoms with E-state index in [2.05, 4.69) is 17.6 Å². The first-order chi connectivity index (χ1) is 12.1. The Balaban J connectivity index is 1.34. The molecular formula is C21H24N2O2. The normalized spacial score (nSPS) is 20.9. The first kappa shape index (κ1) is 16.2. The molecule has 0 aromatic heterocycles. The van der Waals surface area contributed by atoms with Crippen LogP contribution in [0.5, 0.6) is 11.5 Å². The van der Waals surface area contributed by atoms with Crippen LogP contribution in [0.3, 0.4) is 0 Å². The van der Waals surface area contributed by atoms with Crippen LogP contribution in [0.25, 0.3) is 0 Å². The van der Waals surface area contributed by atoms with Gasteiger partial charge in [-0.3, -0.25) is 4.79 Å². The minimum Gasteiger partial charge on any atom is -0.457 e. The fourth-order valence-corrected chi connectivity index (χ4v) is 3.77. The lowest BCUT2D eigenvalue weighted by molar-refractivity contribution is -0.118. The van der Waals surface area contributed by atoms with E-state index in [0.29, 0.717) is 0 Å². The van der Waals surface area contributed by atoms with Crippen molar-refractivity contribution >= 4 is 11.6 Å². The summed E-state index contributed by atoms with van der Waals surface area (Å²) in [6.45, 7) is 4.12. The maximum absolute atomic E-state index is 12.5. The van der Waals surface area contributed by atoms with E-state index in [1.165, 1.54) is 5.56 Å². The van der Waals surface area contributed by atoms with Crippen molar-refractivity contribution in [2.75, 3.05) is 18.4 Å². The molecule has 1 aliphatic heterocycles. The lowest BCUT2D eigenvalue weighted by Gasteiger charge is -2.23. The highest BCUT2D eigenvalue weighted by Crippen LogP contribution is 2.58. The van der Waals surface area contributed by atoms with Crippen LogP contribution >= 0.6 is 0 Å². The molecule has 25 heavy (non-hydrogen) atoms. The van der Waals surface area contributed by atoms with Gasteiger partial charge in [0.1, 0.15) is 11.5 Å². The van der Waals surface area contributed by atoms with Gasteiger partial charge < -0.3 is 15.4 Å². The molecule has 2 fully saturated rings. The van der Waals surface area contributed by atoms with Gasteiger partial charge in [0.2, 0.25) is 5.91 Å². The molecule has 1 unspecified atom stereocenters. The maximum atomic E-state index is 12.5. The number of ether oxygens (including phenoxy) is 1. The molecule has 1 amide bonds. The molecule has 130 valence electrons. The molecule has 4 rings (SSSR count). The van der Waals surface area contributed by atoms with Crippen molar-refractivity contribution in [3.8, 4) is 11.5 Å².